The number of hydrogen-bond donors (Lipinski definition) is 2. The Hall–Kier alpha value is -2.01. The number of carbonyl (C=O) groups is 3. The Bertz CT molecular complexity index is 486. The van der Waals surface area contributed by atoms with Gasteiger partial charge in [0.15, 0.2) is 0 Å². The maximum absolute atomic E-state index is 11.9. The summed E-state index contributed by atoms with van der Waals surface area (Å²) in [5.74, 6) is -2.11. The molecular formula is C12H11NO4. The van der Waals surface area contributed by atoms with Crippen molar-refractivity contribution in [3.05, 3.63) is 35.4 Å². The lowest BCUT2D eigenvalue weighted by Crippen LogP contribution is -2.56. The van der Waals surface area contributed by atoms with Crippen LogP contribution in [0.2, 0.25) is 0 Å². The van der Waals surface area contributed by atoms with E-state index in [2.05, 4.69) is 5.32 Å². The van der Waals surface area contributed by atoms with Crippen molar-refractivity contribution in [1.29, 1.82) is 0 Å². The molecule has 1 aromatic carbocycles. The zero-order chi connectivity index (χ0) is 12.6. The molecule has 2 rings (SSSR count). The average molecular weight is 233 g/mol. The van der Waals surface area contributed by atoms with Crippen molar-refractivity contribution < 1.29 is 19.5 Å². The number of nitrogens with one attached hydrogen (secondary N) is 1. The number of benzene rings is 1. The predicted octanol–water partition coefficient (Wildman–Crippen LogP) is 0.280. The Labute approximate surface area is 97.4 Å². The van der Waals surface area contributed by atoms with Crippen LogP contribution in [0.4, 0.5) is 0 Å². The van der Waals surface area contributed by atoms with Crippen molar-refractivity contribution in [3.8, 4) is 0 Å². The third-order valence-electron chi connectivity index (χ3n) is 2.71. The molecule has 5 nitrogen and oxygen atoms in total. The highest BCUT2D eigenvalue weighted by atomic mass is 16.3. The smallest absolute Gasteiger partial charge is 0.268 e. The quantitative estimate of drug-likeness (QED) is 0.567. The van der Waals surface area contributed by atoms with E-state index in [0.29, 0.717) is 0 Å². The van der Waals surface area contributed by atoms with E-state index >= 15 is 0 Å². The van der Waals surface area contributed by atoms with Crippen molar-refractivity contribution in [3.63, 3.8) is 0 Å². The molecule has 0 unspecified atom stereocenters. The molecule has 1 aliphatic carbocycles. The van der Waals surface area contributed by atoms with Gasteiger partial charge >= 0.3 is 0 Å². The van der Waals surface area contributed by atoms with Gasteiger partial charge in [0.2, 0.25) is 17.5 Å². The van der Waals surface area contributed by atoms with Gasteiger partial charge in [-0.25, -0.2) is 0 Å². The van der Waals surface area contributed by atoms with E-state index in [1.165, 1.54) is 12.1 Å². The number of Topliss-reactive ketones (excluding diaryl/α,β-unsaturated/α-hetero) is 2. The normalized spacial score (nSPS) is 16.8. The average Bonchev–Trinajstić information content (AvgIpc) is 2.53. The van der Waals surface area contributed by atoms with Gasteiger partial charge in [0.1, 0.15) is 0 Å². The van der Waals surface area contributed by atoms with Crippen LogP contribution in [0.25, 0.3) is 0 Å². The van der Waals surface area contributed by atoms with Gasteiger partial charge in [-0.05, 0) is 0 Å². The number of ketones is 2. The highest BCUT2D eigenvalue weighted by Crippen LogP contribution is 2.28. The Morgan fingerprint density at radius 1 is 1.24 bits per heavy atom. The van der Waals surface area contributed by atoms with Crippen LogP contribution in [0, 0.1) is 0 Å². The fraction of sp³-hybridized carbons (Fsp3) is 0.250. The second-order valence-corrected chi connectivity index (χ2v) is 3.82. The summed E-state index contributed by atoms with van der Waals surface area (Å²) in [7, 11) is 0. The molecule has 5 heteroatoms. The van der Waals surface area contributed by atoms with Crippen LogP contribution in [0.15, 0.2) is 24.3 Å². The highest BCUT2D eigenvalue weighted by Gasteiger charge is 2.52. The van der Waals surface area contributed by atoms with Gasteiger partial charge in [0.05, 0.1) is 0 Å². The third kappa shape index (κ3) is 1.55. The molecule has 0 saturated carbocycles. The maximum Gasteiger partial charge on any atom is 0.268 e. The summed E-state index contributed by atoms with van der Waals surface area (Å²) >= 11 is 0. The minimum absolute atomic E-state index is 0.0826. The molecule has 0 fully saturated rings. The van der Waals surface area contributed by atoms with Crippen molar-refractivity contribution in [2.24, 2.45) is 0 Å². The van der Waals surface area contributed by atoms with E-state index in [0.717, 1.165) is 0 Å². The molecule has 0 saturated heterocycles. The number of rotatable bonds is 2. The molecule has 0 aromatic heterocycles. The number of carbonyl (C=O) groups excluding carboxylic acids is 3. The lowest BCUT2D eigenvalue weighted by Gasteiger charge is -2.19. The first-order chi connectivity index (χ1) is 8.00. The van der Waals surface area contributed by atoms with Crippen LogP contribution in [0.3, 0.4) is 0 Å². The zero-order valence-electron chi connectivity index (χ0n) is 9.19. The fourth-order valence-electron chi connectivity index (χ4n) is 1.78. The summed E-state index contributed by atoms with van der Waals surface area (Å²) in [5.41, 5.74) is -2.16. The minimum Gasteiger partial charge on any atom is -0.358 e. The van der Waals surface area contributed by atoms with Crippen molar-refractivity contribution >= 4 is 17.5 Å². The van der Waals surface area contributed by atoms with Gasteiger partial charge in [-0.2, -0.15) is 0 Å². The molecular weight excluding hydrogens is 222 g/mol. The fourth-order valence-corrected chi connectivity index (χ4v) is 1.78. The van der Waals surface area contributed by atoms with Crippen LogP contribution < -0.4 is 5.32 Å². The van der Waals surface area contributed by atoms with Gasteiger partial charge in [-0.15, -0.1) is 0 Å². The van der Waals surface area contributed by atoms with E-state index in [1.807, 2.05) is 0 Å². The molecule has 1 aliphatic rings. The molecule has 2 N–H and O–H groups in total. The predicted molar refractivity (Wildman–Crippen MR) is 58.5 cm³/mol. The lowest BCUT2D eigenvalue weighted by molar-refractivity contribution is -0.124. The van der Waals surface area contributed by atoms with Crippen molar-refractivity contribution in [2.45, 2.75) is 19.1 Å². The van der Waals surface area contributed by atoms with Gasteiger partial charge in [-0.3, -0.25) is 14.4 Å². The van der Waals surface area contributed by atoms with E-state index in [9.17, 15) is 19.5 Å². The van der Waals surface area contributed by atoms with Crippen LogP contribution >= 0.6 is 0 Å². The van der Waals surface area contributed by atoms with E-state index in [1.54, 1.807) is 19.1 Å². The summed E-state index contributed by atoms with van der Waals surface area (Å²) < 4.78 is 0. The van der Waals surface area contributed by atoms with Gasteiger partial charge in [0.25, 0.3) is 5.72 Å². The Balaban J connectivity index is 2.45. The van der Waals surface area contributed by atoms with Crippen LogP contribution in [-0.4, -0.2) is 28.3 Å². The molecule has 17 heavy (non-hydrogen) atoms. The minimum atomic E-state index is -2.43. The van der Waals surface area contributed by atoms with Crippen LogP contribution in [-0.2, 0) is 4.79 Å². The summed E-state index contributed by atoms with van der Waals surface area (Å²) in [5, 5.41) is 12.1. The number of fused-ring (bicyclic) bond motifs is 1. The topological polar surface area (TPSA) is 83.5 Å². The number of aliphatic hydroxyl groups is 1. The molecule has 1 amide bonds. The largest absolute Gasteiger partial charge is 0.358 e. The van der Waals surface area contributed by atoms with E-state index in [-0.39, 0.29) is 17.5 Å². The molecule has 0 spiro atoms. The summed E-state index contributed by atoms with van der Waals surface area (Å²) in [4.78, 5) is 35.0. The standard InChI is InChI=1S/C12H11NO4/c1-2-9(14)13-12(17)10(15)7-5-3-4-6-8(7)11(12)16/h3-6,17H,2H2,1H3,(H,13,14). The molecule has 0 aliphatic heterocycles. The van der Waals surface area contributed by atoms with Gasteiger partial charge in [-0.1, -0.05) is 31.2 Å². The number of amides is 1. The first-order valence-corrected chi connectivity index (χ1v) is 5.22. The zero-order valence-corrected chi connectivity index (χ0v) is 9.19. The molecule has 88 valence electrons. The number of hydrogen-bond acceptors (Lipinski definition) is 4. The second kappa shape index (κ2) is 3.78. The van der Waals surface area contributed by atoms with E-state index < -0.39 is 23.2 Å². The summed E-state index contributed by atoms with van der Waals surface area (Å²) in [6.45, 7) is 1.57. The Morgan fingerprint density at radius 3 is 2.12 bits per heavy atom. The van der Waals surface area contributed by atoms with Crippen molar-refractivity contribution in [2.75, 3.05) is 0 Å². The van der Waals surface area contributed by atoms with Crippen LogP contribution in [0.5, 0.6) is 0 Å². The molecule has 0 bridgehead atoms. The lowest BCUT2D eigenvalue weighted by atomic mass is 10.1. The van der Waals surface area contributed by atoms with Gasteiger partial charge in [0, 0.05) is 17.5 Å². The SMILES string of the molecule is CCC(=O)NC1(O)C(=O)c2ccccc2C1=O. The van der Waals surface area contributed by atoms with E-state index in [4.69, 9.17) is 0 Å². The highest BCUT2D eigenvalue weighted by molar-refractivity contribution is 6.32. The first kappa shape index (κ1) is 11.5. The molecule has 1 aromatic rings. The van der Waals surface area contributed by atoms with Crippen molar-refractivity contribution in [1.82, 2.24) is 5.32 Å². The third-order valence-corrected chi connectivity index (χ3v) is 2.71. The molecule has 0 heterocycles. The summed E-state index contributed by atoms with van der Waals surface area (Å²) in [6, 6.07) is 6.09. The molecule has 0 radical (unpaired) electrons. The molecule has 0 atom stereocenters. The summed E-state index contributed by atoms with van der Waals surface area (Å²) in [6.07, 6.45) is 0.0826. The van der Waals surface area contributed by atoms with Gasteiger partial charge < -0.3 is 10.4 Å². The first-order valence-electron chi connectivity index (χ1n) is 5.22. The maximum atomic E-state index is 11.9. The Morgan fingerprint density at radius 2 is 1.71 bits per heavy atom. The van der Waals surface area contributed by atoms with Crippen LogP contribution in [0.1, 0.15) is 34.1 Å². The Kier molecular flexibility index (Phi) is 2.55. The monoisotopic (exact) mass is 233 g/mol. The second-order valence-electron chi connectivity index (χ2n) is 3.82.